The van der Waals surface area contributed by atoms with Crippen molar-refractivity contribution in [1.82, 2.24) is 5.48 Å². The van der Waals surface area contributed by atoms with Crippen LogP contribution in [0.5, 0.6) is 0 Å². The summed E-state index contributed by atoms with van der Waals surface area (Å²) < 4.78 is 17.9. The van der Waals surface area contributed by atoms with E-state index in [1.165, 1.54) is 18.2 Å². The average molecular weight is 285 g/mol. The van der Waals surface area contributed by atoms with Crippen LogP contribution in [0, 0.1) is 5.82 Å². The fourth-order valence-corrected chi connectivity index (χ4v) is 1.34. The van der Waals surface area contributed by atoms with E-state index in [1.807, 2.05) is 5.48 Å². The molecule has 1 atom stereocenters. The third kappa shape index (κ3) is 5.23. The number of hydrogen-bond donors (Lipinski definition) is 2. The first kappa shape index (κ1) is 15.9. The van der Waals surface area contributed by atoms with Crippen molar-refractivity contribution >= 4 is 12.1 Å². The molecule has 0 fully saturated rings. The Labute approximate surface area is 115 Å². The van der Waals surface area contributed by atoms with Gasteiger partial charge in [-0.1, -0.05) is 12.1 Å². The van der Waals surface area contributed by atoms with Crippen molar-refractivity contribution in [2.45, 2.75) is 32.5 Å². The van der Waals surface area contributed by atoms with Crippen molar-refractivity contribution < 1.29 is 28.7 Å². The number of ether oxygens (including phenoxy) is 1. The van der Waals surface area contributed by atoms with Gasteiger partial charge in [0.1, 0.15) is 11.4 Å². The van der Waals surface area contributed by atoms with Gasteiger partial charge in [-0.05, 0) is 38.5 Å². The number of aliphatic carboxylic acids is 1. The van der Waals surface area contributed by atoms with Crippen LogP contribution in [0.4, 0.5) is 9.18 Å². The Bertz CT molecular complexity index is 498. The predicted molar refractivity (Wildman–Crippen MR) is 67.2 cm³/mol. The first-order valence-electron chi connectivity index (χ1n) is 5.82. The van der Waals surface area contributed by atoms with Crippen LogP contribution in [0.2, 0.25) is 0 Å². The lowest BCUT2D eigenvalue weighted by molar-refractivity contribution is -0.155. The van der Waals surface area contributed by atoms with E-state index in [4.69, 9.17) is 14.7 Å². The highest BCUT2D eigenvalue weighted by atomic mass is 19.1. The Balaban J connectivity index is 2.70. The van der Waals surface area contributed by atoms with Gasteiger partial charge in [0.25, 0.3) is 0 Å². The highest BCUT2D eigenvalue weighted by Crippen LogP contribution is 2.18. The molecule has 7 heteroatoms. The molecule has 0 aliphatic carbocycles. The number of carbonyl (C=O) groups is 2. The smallest absolute Gasteiger partial charge is 0.431 e. The number of carbonyl (C=O) groups excluding carboxylic acids is 1. The number of rotatable bonds is 4. The number of hydroxylamine groups is 1. The maximum absolute atomic E-state index is 13.1. The molecule has 0 aromatic heterocycles. The molecule has 0 spiro atoms. The molecular formula is C13H16FNO5. The molecule has 0 radical (unpaired) electrons. The molecule has 1 aromatic rings. The zero-order valence-corrected chi connectivity index (χ0v) is 11.3. The highest BCUT2D eigenvalue weighted by molar-refractivity contribution is 5.75. The summed E-state index contributed by atoms with van der Waals surface area (Å²) >= 11 is 0. The Hall–Kier alpha value is -2.15. The third-order valence-electron chi connectivity index (χ3n) is 2.03. The number of halogens is 1. The van der Waals surface area contributed by atoms with E-state index in [0.29, 0.717) is 0 Å². The van der Waals surface area contributed by atoms with E-state index >= 15 is 0 Å². The molecule has 0 saturated carbocycles. The van der Waals surface area contributed by atoms with E-state index in [2.05, 4.69) is 0 Å². The molecule has 1 rings (SSSR count). The average Bonchev–Trinajstić information content (AvgIpc) is 2.26. The van der Waals surface area contributed by atoms with Gasteiger partial charge in [0, 0.05) is 0 Å². The van der Waals surface area contributed by atoms with Crippen LogP contribution in [0.1, 0.15) is 32.4 Å². The summed E-state index contributed by atoms with van der Waals surface area (Å²) in [5, 5.41) is 9.02. The van der Waals surface area contributed by atoms with Crippen LogP contribution in [0.25, 0.3) is 0 Å². The van der Waals surface area contributed by atoms with E-state index < -0.39 is 29.6 Å². The Morgan fingerprint density at radius 1 is 1.35 bits per heavy atom. The molecule has 20 heavy (non-hydrogen) atoms. The maximum Gasteiger partial charge on any atom is 0.431 e. The number of carboxylic acids is 1. The molecule has 6 nitrogen and oxygen atoms in total. The number of hydrogen-bond acceptors (Lipinski definition) is 4. The van der Waals surface area contributed by atoms with Crippen molar-refractivity contribution in [1.29, 1.82) is 0 Å². The molecule has 0 saturated heterocycles. The lowest BCUT2D eigenvalue weighted by atomic mass is 10.1. The van der Waals surface area contributed by atoms with Crippen molar-refractivity contribution in [3.8, 4) is 0 Å². The summed E-state index contributed by atoms with van der Waals surface area (Å²) in [5.41, 5.74) is 1.19. The topological polar surface area (TPSA) is 84.9 Å². The molecular weight excluding hydrogens is 269 g/mol. The predicted octanol–water partition coefficient (Wildman–Crippen LogP) is 2.41. The van der Waals surface area contributed by atoms with E-state index in [9.17, 15) is 14.0 Å². The molecule has 2 N–H and O–H groups in total. The Morgan fingerprint density at radius 3 is 2.50 bits per heavy atom. The van der Waals surface area contributed by atoms with Crippen LogP contribution < -0.4 is 5.48 Å². The van der Waals surface area contributed by atoms with Crippen LogP contribution >= 0.6 is 0 Å². The first-order valence-corrected chi connectivity index (χ1v) is 5.82. The molecule has 1 unspecified atom stereocenters. The highest BCUT2D eigenvalue weighted by Gasteiger charge is 2.24. The van der Waals surface area contributed by atoms with Crippen molar-refractivity contribution in [2.24, 2.45) is 0 Å². The third-order valence-corrected chi connectivity index (χ3v) is 2.03. The van der Waals surface area contributed by atoms with E-state index in [1.54, 1.807) is 20.8 Å². The Morgan fingerprint density at radius 2 is 2.00 bits per heavy atom. The monoisotopic (exact) mass is 285 g/mol. The molecule has 1 aromatic carbocycles. The minimum absolute atomic E-state index is 0.0635. The van der Waals surface area contributed by atoms with Gasteiger partial charge in [-0.3, -0.25) is 4.84 Å². The normalized spacial score (nSPS) is 12.6. The first-order chi connectivity index (χ1) is 9.19. The van der Waals surface area contributed by atoms with Gasteiger partial charge in [0.2, 0.25) is 6.10 Å². The van der Waals surface area contributed by atoms with Gasteiger partial charge in [0.05, 0.1) is 0 Å². The maximum atomic E-state index is 13.1. The van der Waals surface area contributed by atoms with E-state index in [-0.39, 0.29) is 5.56 Å². The van der Waals surface area contributed by atoms with Crippen molar-refractivity contribution in [3.63, 3.8) is 0 Å². The zero-order valence-electron chi connectivity index (χ0n) is 11.3. The summed E-state index contributed by atoms with van der Waals surface area (Å²) in [7, 11) is 0. The molecule has 0 bridgehead atoms. The second kappa shape index (κ2) is 6.33. The summed E-state index contributed by atoms with van der Waals surface area (Å²) in [6.45, 7) is 4.94. The fourth-order valence-electron chi connectivity index (χ4n) is 1.34. The molecule has 1 amide bonds. The lowest BCUT2D eigenvalue weighted by Crippen LogP contribution is -2.34. The van der Waals surface area contributed by atoms with Crippen molar-refractivity contribution in [2.75, 3.05) is 0 Å². The number of carboxylic acid groups (broad SMARTS) is 1. The number of amides is 1. The number of nitrogens with one attached hydrogen (secondary N) is 1. The molecule has 110 valence electrons. The van der Waals surface area contributed by atoms with Gasteiger partial charge in [0.15, 0.2) is 0 Å². The van der Waals surface area contributed by atoms with Crippen LogP contribution in [-0.2, 0) is 14.4 Å². The standard InChI is InChI=1S/C13H16FNO5/c1-13(2,3)19-12(18)15-20-10(11(16)17)8-5-4-6-9(14)7-8/h4-7,10H,1-3H3,(H,15,18)(H,16,17). The summed E-state index contributed by atoms with van der Waals surface area (Å²) in [6, 6.07) is 4.90. The van der Waals surface area contributed by atoms with Gasteiger partial charge in [-0.15, -0.1) is 0 Å². The van der Waals surface area contributed by atoms with E-state index in [0.717, 1.165) is 6.07 Å². The largest absolute Gasteiger partial charge is 0.479 e. The van der Waals surface area contributed by atoms with Crippen LogP contribution in [0.15, 0.2) is 24.3 Å². The quantitative estimate of drug-likeness (QED) is 0.830. The second-order valence-corrected chi connectivity index (χ2v) is 5.00. The summed E-state index contributed by atoms with van der Waals surface area (Å²) in [6.07, 6.45) is -2.46. The van der Waals surface area contributed by atoms with Gasteiger partial charge < -0.3 is 9.84 Å². The SMILES string of the molecule is CC(C)(C)OC(=O)NOC(C(=O)O)c1cccc(F)c1. The van der Waals surface area contributed by atoms with Gasteiger partial charge in [-0.2, -0.15) is 5.48 Å². The van der Waals surface area contributed by atoms with Crippen LogP contribution in [-0.4, -0.2) is 22.8 Å². The molecule has 0 aliphatic rings. The Kier molecular flexibility index (Phi) is 5.04. The van der Waals surface area contributed by atoms with Crippen LogP contribution in [0.3, 0.4) is 0 Å². The van der Waals surface area contributed by atoms with Gasteiger partial charge in [-0.25, -0.2) is 14.0 Å². The molecule has 0 heterocycles. The summed E-state index contributed by atoms with van der Waals surface area (Å²) in [5.74, 6) is -1.97. The zero-order chi connectivity index (χ0) is 15.3. The second-order valence-electron chi connectivity index (χ2n) is 5.00. The minimum Gasteiger partial charge on any atom is -0.479 e. The number of benzene rings is 1. The fraction of sp³-hybridized carbons (Fsp3) is 0.385. The lowest BCUT2D eigenvalue weighted by Gasteiger charge is -2.20. The van der Waals surface area contributed by atoms with Crippen molar-refractivity contribution in [3.05, 3.63) is 35.6 Å². The van der Waals surface area contributed by atoms with Gasteiger partial charge >= 0.3 is 12.1 Å². The molecule has 0 aliphatic heterocycles. The minimum atomic E-state index is -1.53. The summed E-state index contributed by atoms with van der Waals surface area (Å²) in [4.78, 5) is 27.2.